The molecule has 0 aromatic heterocycles. The average molecular weight is 228 g/mol. The molecule has 0 aromatic carbocycles. The van der Waals surface area contributed by atoms with E-state index in [0.29, 0.717) is 32.8 Å². The Morgan fingerprint density at radius 1 is 1.44 bits per heavy atom. The lowest BCUT2D eigenvalue weighted by Gasteiger charge is -2.37. The molecule has 5 heteroatoms. The Hall–Kier alpha value is -1.10. The molecule has 2 amide bonds. The summed E-state index contributed by atoms with van der Waals surface area (Å²) in [4.78, 5) is 24.1. The van der Waals surface area contributed by atoms with Crippen LogP contribution in [0.5, 0.6) is 0 Å². The molecule has 0 bridgehead atoms. The second kappa shape index (κ2) is 6.48. The van der Waals surface area contributed by atoms with Gasteiger partial charge in [-0.1, -0.05) is 0 Å². The zero-order valence-corrected chi connectivity index (χ0v) is 9.99. The van der Waals surface area contributed by atoms with Crippen LogP contribution in [0, 0.1) is 5.92 Å². The van der Waals surface area contributed by atoms with Gasteiger partial charge < -0.3 is 15.0 Å². The Balaban J connectivity index is 2.02. The molecule has 1 N–H and O–H groups in total. The van der Waals surface area contributed by atoms with Crippen molar-refractivity contribution in [1.82, 2.24) is 10.2 Å². The smallest absolute Gasteiger partial charge is 0.226 e. The van der Waals surface area contributed by atoms with E-state index in [9.17, 15) is 9.59 Å². The standard InChI is InChI=1S/C11H20N2O3/c1-3-16-6-4-5-12-11(15)10-7-13(8-10)9(2)14/h10H,3-8H2,1-2H3,(H,12,15). The van der Waals surface area contributed by atoms with Gasteiger partial charge in [0.05, 0.1) is 5.92 Å². The third-order valence-electron chi connectivity index (χ3n) is 2.67. The topological polar surface area (TPSA) is 58.6 Å². The Morgan fingerprint density at radius 3 is 2.69 bits per heavy atom. The van der Waals surface area contributed by atoms with Crippen molar-refractivity contribution < 1.29 is 14.3 Å². The molecule has 1 aliphatic rings. The summed E-state index contributed by atoms with van der Waals surface area (Å²) in [5, 5.41) is 2.85. The fourth-order valence-corrected chi connectivity index (χ4v) is 1.58. The Morgan fingerprint density at radius 2 is 2.12 bits per heavy atom. The van der Waals surface area contributed by atoms with Crippen LogP contribution in [0.2, 0.25) is 0 Å². The first-order valence-corrected chi connectivity index (χ1v) is 5.76. The molecule has 0 radical (unpaired) electrons. The quantitative estimate of drug-likeness (QED) is 0.651. The second-order valence-corrected chi connectivity index (χ2v) is 3.96. The fraction of sp³-hybridized carbons (Fsp3) is 0.818. The Kier molecular flexibility index (Phi) is 5.25. The molecule has 0 saturated carbocycles. The number of ether oxygens (including phenoxy) is 1. The highest BCUT2D eigenvalue weighted by Gasteiger charge is 2.33. The summed E-state index contributed by atoms with van der Waals surface area (Å²) in [7, 11) is 0. The minimum atomic E-state index is -0.0176. The molecule has 1 saturated heterocycles. The summed E-state index contributed by atoms with van der Waals surface area (Å²) in [6, 6.07) is 0. The zero-order chi connectivity index (χ0) is 12.0. The van der Waals surface area contributed by atoms with Crippen LogP contribution in [0.25, 0.3) is 0 Å². The van der Waals surface area contributed by atoms with E-state index in [1.807, 2.05) is 6.92 Å². The average Bonchev–Trinajstić information content (AvgIpc) is 2.14. The maximum Gasteiger partial charge on any atom is 0.226 e. The highest BCUT2D eigenvalue weighted by Crippen LogP contribution is 2.15. The van der Waals surface area contributed by atoms with E-state index in [2.05, 4.69) is 5.32 Å². The molecule has 5 nitrogen and oxygen atoms in total. The Bertz CT molecular complexity index is 250. The summed E-state index contributed by atoms with van der Waals surface area (Å²) >= 11 is 0. The van der Waals surface area contributed by atoms with Crippen LogP contribution in [0.3, 0.4) is 0 Å². The first-order chi connectivity index (χ1) is 7.65. The van der Waals surface area contributed by atoms with Crippen molar-refractivity contribution in [1.29, 1.82) is 0 Å². The number of hydrogen-bond donors (Lipinski definition) is 1. The van der Waals surface area contributed by atoms with Crippen LogP contribution in [-0.2, 0) is 14.3 Å². The molecule has 0 atom stereocenters. The predicted molar refractivity (Wildman–Crippen MR) is 59.9 cm³/mol. The van der Waals surface area contributed by atoms with E-state index in [1.54, 1.807) is 4.90 Å². The normalized spacial score (nSPS) is 15.8. The second-order valence-electron chi connectivity index (χ2n) is 3.96. The van der Waals surface area contributed by atoms with Crippen molar-refractivity contribution in [3.05, 3.63) is 0 Å². The molecule has 0 unspecified atom stereocenters. The summed E-state index contributed by atoms with van der Waals surface area (Å²) in [6.45, 7) is 6.64. The lowest BCUT2D eigenvalue weighted by molar-refractivity contribution is -0.141. The molecular formula is C11H20N2O3. The molecule has 92 valence electrons. The number of nitrogens with zero attached hydrogens (tertiary/aromatic N) is 1. The van der Waals surface area contributed by atoms with Crippen molar-refractivity contribution in [2.45, 2.75) is 20.3 Å². The fourth-order valence-electron chi connectivity index (χ4n) is 1.58. The van der Waals surface area contributed by atoms with Crippen molar-refractivity contribution in [2.24, 2.45) is 5.92 Å². The van der Waals surface area contributed by atoms with Crippen molar-refractivity contribution in [3.63, 3.8) is 0 Å². The summed E-state index contributed by atoms with van der Waals surface area (Å²) in [5.41, 5.74) is 0. The van der Waals surface area contributed by atoms with Gasteiger partial charge in [0.25, 0.3) is 0 Å². The van der Waals surface area contributed by atoms with E-state index < -0.39 is 0 Å². The number of nitrogens with one attached hydrogen (secondary N) is 1. The maximum atomic E-state index is 11.5. The van der Waals surface area contributed by atoms with Crippen molar-refractivity contribution >= 4 is 11.8 Å². The number of hydrogen-bond acceptors (Lipinski definition) is 3. The molecule has 1 heterocycles. The molecule has 1 aliphatic heterocycles. The summed E-state index contributed by atoms with van der Waals surface area (Å²) in [6.07, 6.45) is 0.836. The van der Waals surface area contributed by atoms with Gasteiger partial charge in [-0.25, -0.2) is 0 Å². The van der Waals surface area contributed by atoms with Crippen LogP contribution in [-0.4, -0.2) is 49.6 Å². The van der Waals surface area contributed by atoms with E-state index in [4.69, 9.17) is 4.74 Å². The van der Waals surface area contributed by atoms with Crippen LogP contribution < -0.4 is 5.32 Å². The van der Waals surface area contributed by atoms with Gasteiger partial charge in [0.15, 0.2) is 0 Å². The van der Waals surface area contributed by atoms with E-state index in [-0.39, 0.29) is 17.7 Å². The van der Waals surface area contributed by atoms with Gasteiger partial charge in [0.1, 0.15) is 0 Å². The minimum absolute atomic E-state index is 0.0176. The maximum absolute atomic E-state index is 11.5. The molecule has 0 aliphatic carbocycles. The van der Waals surface area contributed by atoms with Crippen LogP contribution >= 0.6 is 0 Å². The number of carbonyl (C=O) groups excluding carboxylic acids is 2. The first kappa shape index (κ1) is 13.0. The molecule has 1 rings (SSSR count). The monoisotopic (exact) mass is 228 g/mol. The highest BCUT2D eigenvalue weighted by atomic mass is 16.5. The third kappa shape index (κ3) is 3.81. The molecular weight excluding hydrogens is 208 g/mol. The lowest BCUT2D eigenvalue weighted by atomic mass is 9.99. The van der Waals surface area contributed by atoms with E-state index in [0.717, 1.165) is 6.42 Å². The van der Waals surface area contributed by atoms with E-state index in [1.165, 1.54) is 6.92 Å². The Labute approximate surface area is 96.1 Å². The number of likely N-dealkylation sites (tertiary alicyclic amines) is 1. The zero-order valence-electron chi connectivity index (χ0n) is 9.99. The number of rotatable bonds is 6. The summed E-state index contributed by atoms with van der Waals surface area (Å²) in [5.74, 6) is 0.0744. The lowest BCUT2D eigenvalue weighted by Crippen LogP contribution is -2.55. The van der Waals surface area contributed by atoms with Gasteiger partial charge in [-0.05, 0) is 13.3 Å². The minimum Gasteiger partial charge on any atom is -0.382 e. The van der Waals surface area contributed by atoms with Gasteiger partial charge in [0.2, 0.25) is 11.8 Å². The molecule has 0 aromatic rings. The number of carbonyl (C=O) groups is 2. The van der Waals surface area contributed by atoms with Gasteiger partial charge in [-0.2, -0.15) is 0 Å². The van der Waals surface area contributed by atoms with Crippen molar-refractivity contribution in [2.75, 3.05) is 32.8 Å². The molecule has 16 heavy (non-hydrogen) atoms. The van der Waals surface area contributed by atoms with Gasteiger partial charge >= 0.3 is 0 Å². The van der Waals surface area contributed by atoms with Crippen LogP contribution in [0.15, 0.2) is 0 Å². The predicted octanol–water partition coefficient (Wildman–Crippen LogP) is 0.00750. The molecule has 1 fully saturated rings. The third-order valence-corrected chi connectivity index (χ3v) is 2.67. The van der Waals surface area contributed by atoms with Crippen LogP contribution in [0.4, 0.5) is 0 Å². The van der Waals surface area contributed by atoms with Gasteiger partial charge in [0, 0.05) is 39.8 Å². The number of amides is 2. The highest BCUT2D eigenvalue weighted by molar-refractivity contribution is 5.83. The van der Waals surface area contributed by atoms with Gasteiger partial charge in [-0.15, -0.1) is 0 Å². The summed E-state index contributed by atoms with van der Waals surface area (Å²) < 4.78 is 5.16. The first-order valence-electron chi connectivity index (χ1n) is 5.76. The van der Waals surface area contributed by atoms with Crippen molar-refractivity contribution in [3.8, 4) is 0 Å². The largest absolute Gasteiger partial charge is 0.382 e. The molecule has 0 spiro atoms. The van der Waals surface area contributed by atoms with Crippen LogP contribution in [0.1, 0.15) is 20.3 Å². The SMILES string of the molecule is CCOCCCNC(=O)C1CN(C(C)=O)C1. The van der Waals surface area contributed by atoms with Gasteiger partial charge in [-0.3, -0.25) is 9.59 Å². The van der Waals surface area contributed by atoms with E-state index >= 15 is 0 Å².